The van der Waals surface area contributed by atoms with Crippen molar-refractivity contribution in [3.8, 4) is 0 Å². The van der Waals surface area contributed by atoms with Crippen LogP contribution in [0.5, 0.6) is 0 Å². The van der Waals surface area contributed by atoms with E-state index in [4.69, 9.17) is 0 Å². The van der Waals surface area contributed by atoms with Crippen molar-refractivity contribution >= 4 is 42.9 Å². The minimum Gasteiger partial charge on any atom is -0.384 e. The first-order chi connectivity index (χ1) is 15.6. The number of benzene rings is 2. The Morgan fingerprint density at radius 2 is 1.94 bits per heavy atom. The van der Waals surface area contributed by atoms with Crippen molar-refractivity contribution in [2.24, 2.45) is 5.92 Å². The molecular weight excluding hydrogens is 422 g/mol. The van der Waals surface area contributed by atoms with E-state index in [1.807, 2.05) is 18.2 Å². The maximum absolute atomic E-state index is 13.3. The van der Waals surface area contributed by atoms with E-state index in [0.717, 1.165) is 29.6 Å². The highest BCUT2D eigenvalue weighted by Gasteiger charge is 2.32. The van der Waals surface area contributed by atoms with E-state index in [1.165, 1.54) is 69.0 Å². The highest BCUT2D eigenvalue weighted by atomic mass is 32.1. The lowest BCUT2D eigenvalue weighted by atomic mass is 9.81. The Labute approximate surface area is 191 Å². The van der Waals surface area contributed by atoms with Gasteiger partial charge in [0, 0.05) is 34.4 Å². The second-order valence-corrected chi connectivity index (χ2v) is 10.1. The van der Waals surface area contributed by atoms with E-state index >= 15 is 0 Å². The van der Waals surface area contributed by atoms with Gasteiger partial charge < -0.3 is 10.2 Å². The Hall–Kier alpha value is -2.51. The van der Waals surface area contributed by atoms with Crippen LogP contribution in [0.2, 0.25) is 0 Å². The monoisotopic (exact) mass is 451 g/mol. The summed E-state index contributed by atoms with van der Waals surface area (Å²) in [6.45, 7) is 3.29. The fraction of sp³-hybridized carbons (Fsp3) is 0.480. The molecule has 0 bridgehead atoms. The summed E-state index contributed by atoms with van der Waals surface area (Å²) in [6, 6.07) is 11.3. The molecule has 1 aromatic heterocycles. The zero-order valence-electron chi connectivity index (χ0n) is 18.2. The van der Waals surface area contributed by atoms with Crippen LogP contribution in [0, 0.1) is 16.0 Å². The molecule has 2 aromatic carbocycles. The van der Waals surface area contributed by atoms with Gasteiger partial charge in [-0.1, -0.05) is 18.6 Å². The van der Waals surface area contributed by atoms with Crippen LogP contribution in [0.1, 0.15) is 44.9 Å². The van der Waals surface area contributed by atoms with Crippen molar-refractivity contribution in [1.29, 1.82) is 0 Å². The summed E-state index contributed by atoms with van der Waals surface area (Å²) in [6.07, 6.45) is 8.87. The molecule has 1 N–H and O–H groups in total. The summed E-state index contributed by atoms with van der Waals surface area (Å²) in [4.78, 5) is 27.2. The summed E-state index contributed by atoms with van der Waals surface area (Å²) < 4.78 is 1.23. The Morgan fingerprint density at radius 1 is 1.09 bits per heavy atom. The van der Waals surface area contributed by atoms with Crippen LogP contribution < -0.4 is 10.7 Å². The summed E-state index contributed by atoms with van der Waals surface area (Å²) >= 11 is 1.32. The molecule has 0 spiro atoms. The first kappa shape index (κ1) is 21.3. The molecule has 0 radical (unpaired) electrons. The number of fused-ring (bicyclic) bond motifs is 3. The van der Waals surface area contributed by atoms with Gasteiger partial charge in [-0.05, 0) is 75.7 Å². The number of anilines is 1. The molecule has 2 fully saturated rings. The van der Waals surface area contributed by atoms with Crippen LogP contribution in [0.3, 0.4) is 0 Å². The van der Waals surface area contributed by atoms with Crippen molar-refractivity contribution in [3.63, 3.8) is 0 Å². The van der Waals surface area contributed by atoms with Gasteiger partial charge in [0.15, 0.2) is 5.43 Å². The van der Waals surface area contributed by atoms with E-state index in [-0.39, 0.29) is 11.1 Å². The molecule has 3 aromatic rings. The van der Waals surface area contributed by atoms with Crippen LogP contribution in [0.25, 0.3) is 20.2 Å². The minimum absolute atomic E-state index is 0.00185. The van der Waals surface area contributed by atoms with E-state index in [1.54, 1.807) is 12.1 Å². The smallest absolute Gasteiger partial charge is 0.287 e. The van der Waals surface area contributed by atoms with Gasteiger partial charge in [0.2, 0.25) is 0 Å². The highest BCUT2D eigenvalue weighted by molar-refractivity contribution is 7.25. The fourth-order valence-corrected chi connectivity index (χ4v) is 6.87. The first-order valence-corrected chi connectivity index (χ1v) is 12.6. The van der Waals surface area contributed by atoms with Gasteiger partial charge in [-0.2, -0.15) is 0 Å². The van der Waals surface area contributed by atoms with Crippen molar-refractivity contribution in [3.05, 3.63) is 56.7 Å². The molecule has 0 amide bonds. The number of non-ortho nitro benzene ring substituents is 1. The molecular formula is C25H29N3O3S. The summed E-state index contributed by atoms with van der Waals surface area (Å²) in [7, 11) is 0. The van der Waals surface area contributed by atoms with Crippen molar-refractivity contribution in [2.45, 2.75) is 51.0 Å². The minimum atomic E-state index is -0.393. The molecule has 2 aliphatic heterocycles. The normalized spacial score (nSPS) is 21.5. The molecule has 2 saturated heterocycles. The predicted molar refractivity (Wildman–Crippen MR) is 132 cm³/mol. The van der Waals surface area contributed by atoms with E-state index in [0.29, 0.717) is 21.2 Å². The molecule has 0 aliphatic carbocycles. The number of rotatable bonds is 6. The number of nitro groups is 1. The molecule has 2 atom stereocenters. The molecule has 0 saturated carbocycles. The summed E-state index contributed by atoms with van der Waals surface area (Å²) in [5.74, 6) is 0.765. The zero-order valence-corrected chi connectivity index (χ0v) is 19.0. The van der Waals surface area contributed by atoms with Crippen molar-refractivity contribution in [2.75, 3.05) is 25.0 Å². The van der Waals surface area contributed by atoms with Crippen molar-refractivity contribution in [1.82, 2.24) is 4.90 Å². The Morgan fingerprint density at radius 3 is 2.81 bits per heavy atom. The van der Waals surface area contributed by atoms with Gasteiger partial charge in [0.05, 0.1) is 10.3 Å². The van der Waals surface area contributed by atoms with Gasteiger partial charge in [-0.15, -0.1) is 11.3 Å². The zero-order chi connectivity index (χ0) is 22.1. The quantitative estimate of drug-likeness (QED) is 0.223. The van der Waals surface area contributed by atoms with Crippen molar-refractivity contribution < 1.29 is 4.92 Å². The van der Waals surface area contributed by atoms with Gasteiger partial charge in [0.25, 0.3) is 5.69 Å². The topological polar surface area (TPSA) is 75.5 Å². The molecule has 2 aliphatic rings. The number of nitro benzene ring substituents is 1. The molecule has 5 rings (SSSR count). The molecule has 168 valence electrons. The van der Waals surface area contributed by atoms with E-state index in [9.17, 15) is 14.9 Å². The van der Waals surface area contributed by atoms with Crippen LogP contribution >= 0.6 is 11.3 Å². The third-order valence-corrected chi connectivity index (χ3v) is 8.39. The standard InChI is InChI=1S/C25H29N3O3S/c29-24-18-9-1-2-11-22(18)32-25-21(28(30)31)13-12-19(23(24)25)26-14-5-7-17-8-6-16-27-15-4-3-10-20(17)27/h1-2,9,11-13,17,20,26H,3-8,10,14-16H2. The Bertz CT molecular complexity index is 1210. The predicted octanol–water partition coefficient (Wildman–Crippen LogP) is 5.78. The Balaban J connectivity index is 1.36. The van der Waals surface area contributed by atoms with E-state index < -0.39 is 4.92 Å². The number of hydrogen-bond acceptors (Lipinski definition) is 6. The van der Waals surface area contributed by atoms with Gasteiger partial charge in [-0.3, -0.25) is 14.9 Å². The van der Waals surface area contributed by atoms with Crippen LogP contribution in [0.15, 0.2) is 41.2 Å². The third-order valence-electron chi connectivity index (χ3n) is 7.20. The third kappa shape index (κ3) is 3.99. The second kappa shape index (κ2) is 9.16. The Kier molecular flexibility index (Phi) is 6.11. The molecule has 32 heavy (non-hydrogen) atoms. The van der Waals surface area contributed by atoms with Gasteiger partial charge in [-0.25, -0.2) is 0 Å². The van der Waals surface area contributed by atoms with Gasteiger partial charge >= 0.3 is 0 Å². The van der Waals surface area contributed by atoms with Crippen LogP contribution in [0.4, 0.5) is 11.4 Å². The number of nitrogens with one attached hydrogen (secondary N) is 1. The molecule has 6 nitrogen and oxygen atoms in total. The summed E-state index contributed by atoms with van der Waals surface area (Å²) in [5.41, 5.74) is 0.573. The maximum Gasteiger partial charge on any atom is 0.287 e. The average molecular weight is 452 g/mol. The second-order valence-electron chi connectivity index (χ2n) is 9.09. The maximum atomic E-state index is 13.3. The van der Waals surface area contributed by atoms with Crippen LogP contribution in [-0.2, 0) is 0 Å². The molecule has 2 unspecified atom stereocenters. The summed E-state index contributed by atoms with van der Waals surface area (Å²) in [5, 5.41) is 16.1. The number of hydrogen-bond donors (Lipinski definition) is 1. The largest absolute Gasteiger partial charge is 0.384 e. The lowest BCUT2D eigenvalue weighted by Crippen LogP contribution is -2.47. The SMILES string of the molecule is O=c1c2ccccc2sc2c([N+](=O)[O-])ccc(NCCCC3CCCN4CCCCC34)c12. The molecule has 7 heteroatoms. The lowest BCUT2D eigenvalue weighted by molar-refractivity contribution is -0.382. The number of nitrogens with zero attached hydrogens (tertiary/aromatic N) is 2. The fourth-order valence-electron chi connectivity index (χ4n) is 5.68. The molecule has 3 heterocycles. The van der Waals surface area contributed by atoms with E-state index in [2.05, 4.69) is 10.2 Å². The van der Waals surface area contributed by atoms with Gasteiger partial charge in [0.1, 0.15) is 4.70 Å². The van der Waals surface area contributed by atoms with Crippen LogP contribution in [-0.4, -0.2) is 35.5 Å². The first-order valence-electron chi connectivity index (χ1n) is 11.7. The highest BCUT2D eigenvalue weighted by Crippen LogP contribution is 2.36. The lowest BCUT2D eigenvalue weighted by Gasteiger charge is -2.44. The number of piperidine rings is 2. The average Bonchev–Trinajstić information content (AvgIpc) is 2.81.